The molecule has 4 heteroatoms. The molecule has 0 aromatic heterocycles. The Bertz CT molecular complexity index is 311. The number of nitrogens with zero attached hydrogens (tertiary/aromatic N) is 1. The molecule has 0 aromatic carbocycles. The van der Waals surface area contributed by atoms with Crippen LogP contribution in [0.3, 0.4) is 0 Å². The van der Waals surface area contributed by atoms with Crippen molar-refractivity contribution in [2.45, 2.75) is 59.9 Å². The van der Waals surface area contributed by atoms with Gasteiger partial charge in [-0.05, 0) is 27.8 Å². The van der Waals surface area contributed by atoms with Crippen LogP contribution >= 0.6 is 0 Å². The highest BCUT2D eigenvalue weighted by molar-refractivity contribution is 5.88. The minimum absolute atomic E-state index is 0.0418. The number of carbonyl (C=O) groups is 2. The van der Waals surface area contributed by atoms with Gasteiger partial charge in [-0.3, -0.25) is 14.5 Å². The van der Waals surface area contributed by atoms with Crippen molar-refractivity contribution in [3.63, 3.8) is 0 Å². The Hall–Kier alpha value is -0.900. The van der Waals surface area contributed by atoms with Gasteiger partial charge in [0.05, 0.1) is 0 Å². The Morgan fingerprint density at radius 3 is 1.95 bits per heavy atom. The van der Waals surface area contributed by atoms with E-state index in [1.54, 1.807) is 0 Å². The van der Waals surface area contributed by atoms with Gasteiger partial charge in [0.15, 0.2) is 0 Å². The average Bonchev–Trinajstić information content (AvgIpc) is 2.22. The van der Waals surface area contributed by atoms with E-state index in [1.165, 1.54) is 0 Å². The molecule has 0 aliphatic carbocycles. The topological polar surface area (TPSA) is 49.4 Å². The standard InChI is InChI=1S/C15H30N2O2/c1-14(2,3)12(18)8-9-13(19)16-10-11-17(7)15(4,5)6/h8-11H2,1-7H3,(H,16,19). The fourth-order valence-electron chi connectivity index (χ4n) is 1.39. The molecule has 0 saturated heterocycles. The summed E-state index contributed by atoms with van der Waals surface area (Å²) in [6.07, 6.45) is 0.611. The number of ketones is 1. The molecule has 0 aliphatic heterocycles. The van der Waals surface area contributed by atoms with Crippen LogP contribution in [0.2, 0.25) is 0 Å². The Morgan fingerprint density at radius 1 is 1.00 bits per heavy atom. The minimum atomic E-state index is -0.354. The maximum atomic E-state index is 11.7. The molecule has 0 aromatic rings. The first kappa shape index (κ1) is 18.1. The Labute approximate surface area is 117 Å². The van der Waals surface area contributed by atoms with Gasteiger partial charge in [0.1, 0.15) is 5.78 Å². The zero-order chi connectivity index (χ0) is 15.3. The van der Waals surface area contributed by atoms with E-state index in [2.05, 4.69) is 31.0 Å². The van der Waals surface area contributed by atoms with Crippen molar-refractivity contribution in [2.75, 3.05) is 20.1 Å². The second-order valence-electron chi connectivity index (χ2n) is 7.12. The predicted octanol–water partition coefficient (Wildman–Crippen LogP) is 2.23. The van der Waals surface area contributed by atoms with Gasteiger partial charge in [0.25, 0.3) is 0 Å². The number of carbonyl (C=O) groups excluding carboxylic acids is 2. The smallest absolute Gasteiger partial charge is 0.220 e. The lowest BCUT2D eigenvalue weighted by atomic mass is 9.88. The lowest BCUT2D eigenvalue weighted by Crippen LogP contribution is -2.42. The monoisotopic (exact) mass is 270 g/mol. The lowest BCUT2D eigenvalue weighted by Gasteiger charge is -2.31. The van der Waals surface area contributed by atoms with Gasteiger partial charge in [-0.1, -0.05) is 20.8 Å². The molecular weight excluding hydrogens is 240 g/mol. The highest BCUT2D eigenvalue weighted by atomic mass is 16.2. The van der Waals surface area contributed by atoms with Gasteiger partial charge in [0, 0.05) is 36.9 Å². The predicted molar refractivity (Wildman–Crippen MR) is 79.1 cm³/mol. The van der Waals surface area contributed by atoms with Crippen molar-refractivity contribution >= 4 is 11.7 Å². The third-order valence-corrected chi connectivity index (χ3v) is 3.33. The van der Waals surface area contributed by atoms with Gasteiger partial charge in [-0.15, -0.1) is 0 Å². The summed E-state index contributed by atoms with van der Waals surface area (Å²) in [6, 6.07) is 0. The SMILES string of the molecule is CN(CCNC(=O)CCC(=O)C(C)(C)C)C(C)(C)C. The maximum absolute atomic E-state index is 11.7. The molecule has 0 saturated carbocycles. The van der Waals surface area contributed by atoms with Crippen molar-refractivity contribution in [1.29, 1.82) is 0 Å². The van der Waals surface area contributed by atoms with Crippen LogP contribution in [0.4, 0.5) is 0 Å². The van der Waals surface area contributed by atoms with Crippen molar-refractivity contribution < 1.29 is 9.59 Å². The average molecular weight is 270 g/mol. The molecule has 0 unspecified atom stereocenters. The Balaban J connectivity index is 3.87. The van der Waals surface area contributed by atoms with Crippen LogP contribution in [0.15, 0.2) is 0 Å². The molecule has 0 fully saturated rings. The molecular formula is C15H30N2O2. The van der Waals surface area contributed by atoms with Gasteiger partial charge in [0.2, 0.25) is 5.91 Å². The highest BCUT2D eigenvalue weighted by Crippen LogP contribution is 2.17. The third-order valence-electron chi connectivity index (χ3n) is 3.33. The molecule has 0 bridgehead atoms. The van der Waals surface area contributed by atoms with Crippen LogP contribution in [0.1, 0.15) is 54.4 Å². The first-order chi connectivity index (χ1) is 8.44. The van der Waals surface area contributed by atoms with Crippen molar-refractivity contribution in [1.82, 2.24) is 10.2 Å². The number of Topliss-reactive ketones (excluding diaryl/α,β-unsaturated/α-hetero) is 1. The molecule has 1 amide bonds. The van der Waals surface area contributed by atoms with Gasteiger partial charge in [-0.25, -0.2) is 0 Å². The quantitative estimate of drug-likeness (QED) is 0.805. The van der Waals surface area contributed by atoms with Crippen LogP contribution < -0.4 is 5.32 Å². The highest BCUT2D eigenvalue weighted by Gasteiger charge is 2.21. The van der Waals surface area contributed by atoms with E-state index >= 15 is 0 Å². The fourth-order valence-corrected chi connectivity index (χ4v) is 1.39. The molecule has 4 nitrogen and oxygen atoms in total. The maximum Gasteiger partial charge on any atom is 0.220 e. The van der Waals surface area contributed by atoms with E-state index in [0.29, 0.717) is 13.0 Å². The number of likely N-dealkylation sites (N-methyl/N-ethyl adjacent to an activating group) is 1. The molecule has 0 spiro atoms. The van der Waals surface area contributed by atoms with Gasteiger partial charge < -0.3 is 5.32 Å². The Kier molecular flexibility index (Phi) is 6.70. The van der Waals surface area contributed by atoms with Crippen LogP contribution in [0, 0.1) is 5.41 Å². The molecule has 0 rings (SSSR count). The summed E-state index contributed by atoms with van der Waals surface area (Å²) in [6.45, 7) is 13.5. The molecule has 0 radical (unpaired) electrons. The summed E-state index contributed by atoms with van der Waals surface area (Å²) >= 11 is 0. The van der Waals surface area contributed by atoms with Crippen LogP contribution in [0.5, 0.6) is 0 Å². The number of hydrogen-bond donors (Lipinski definition) is 1. The summed E-state index contributed by atoms with van der Waals surface area (Å²) in [4.78, 5) is 25.5. The summed E-state index contributed by atoms with van der Waals surface area (Å²) in [5, 5.41) is 2.86. The lowest BCUT2D eigenvalue weighted by molar-refractivity contribution is -0.129. The zero-order valence-corrected chi connectivity index (χ0v) is 13.6. The number of rotatable bonds is 6. The van der Waals surface area contributed by atoms with E-state index in [9.17, 15) is 9.59 Å². The molecule has 1 N–H and O–H groups in total. The summed E-state index contributed by atoms with van der Waals surface area (Å²) < 4.78 is 0. The summed E-state index contributed by atoms with van der Waals surface area (Å²) in [5.41, 5.74) is -0.250. The van der Waals surface area contributed by atoms with Gasteiger partial charge in [-0.2, -0.15) is 0 Å². The molecule has 0 aliphatic rings. The largest absolute Gasteiger partial charge is 0.355 e. The molecule has 112 valence electrons. The van der Waals surface area contributed by atoms with Crippen molar-refractivity contribution in [3.8, 4) is 0 Å². The zero-order valence-electron chi connectivity index (χ0n) is 13.6. The third kappa shape index (κ3) is 7.98. The number of amides is 1. The van der Waals surface area contributed by atoms with E-state index in [-0.39, 0.29) is 29.1 Å². The van der Waals surface area contributed by atoms with E-state index in [1.807, 2.05) is 27.8 Å². The second-order valence-corrected chi connectivity index (χ2v) is 7.12. The molecule has 0 atom stereocenters. The summed E-state index contributed by atoms with van der Waals surface area (Å²) in [5.74, 6) is 0.0920. The van der Waals surface area contributed by atoms with Crippen LogP contribution in [-0.4, -0.2) is 42.3 Å². The van der Waals surface area contributed by atoms with Crippen molar-refractivity contribution in [3.05, 3.63) is 0 Å². The summed E-state index contributed by atoms with van der Waals surface area (Å²) in [7, 11) is 2.04. The van der Waals surface area contributed by atoms with Crippen molar-refractivity contribution in [2.24, 2.45) is 5.41 Å². The fraction of sp³-hybridized carbons (Fsp3) is 0.867. The first-order valence-electron chi connectivity index (χ1n) is 6.96. The van der Waals surface area contributed by atoms with E-state index in [0.717, 1.165) is 6.54 Å². The molecule has 19 heavy (non-hydrogen) atoms. The van der Waals surface area contributed by atoms with Crippen LogP contribution in [0.25, 0.3) is 0 Å². The van der Waals surface area contributed by atoms with E-state index in [4.69, 9.17) is 0 Å². The van der Waals surface area contributed by atoms with Crippen LogP contribution in [-0.2, 0) is 9.59 Å². The first-order valence-corrected chi connectivity index (χ1v) is 6.96. The second kappa shape index (κ2) is 7.04. The normalized spacial score (nSPS) is 12.6. The molecule has 0 heterocycles. The number of nitrogens with one attached hydrogen (secondary N) is 1. The Morgan fingerprint density at radius 2 is 1.53 bits per heavy atom. The number of hydrogen-bond acceptors (Lipinski definition) is 3. The van der Waals surface area contributed by atoms with E-state index < -0.39 is 0 Å². The minimum Gasteiger partial charge on any atom is -0.355 e. The van der Waals surface area contributed by atoms with Gasteiger partial charge >= 0.3 is 0 Å².